The van der Waals surface area contributed by atoms with Gasteiger partial charge in [0, 0.05) is 35.8 Å². The van der Waals surface area contributed by atoms with Gasteiger partial charge < -0.3 is 20.1 Å². The quantitative estimate of drug-likeness (QED) is 0.425. The van der Waals surface area contributed by atoms with Crippen LogP contribution in [0.5, 0.6) is 11.5 Å². The van der Waals surface area contributed by atoms with E-state index in [0.29, 0.717) is 35.1 Å². The Morgan fingerprint density at radius 1 is 1.09 bits per heavy atom. The van der Waals surface area contributed by atoms with Gasteiger partial charge >= 0.3 is 6.03 Å². The fraction of sp³-hybridized carbons (Fsp3) is 0.292. The number of rotatable bonds is 7. The van der Waals surface area contributed by atoms with Gasteiger partial charge in [0.1, 0.15) is 5.82 Å². The summed E-state index contributed by atoms with van der Waals surface area (Å²) in [6.07, 6.45) is 0.585. The van der Waals surface area contributed by atoms with Crippen molar-refractivity contribution in [3.05, 3.63) is 54.6 Å². The lowest BCUT2D eigenvalue weighted by Crippen LogP contribution is -2.53. The van der Waals surface area contributed by atoms with Gasteiger partial charge in [-0.15, -0.1) is 0 Å². The predicted octanol–water partition coefficient (Wildman–Crippen LogP) is 3.56. The number of benzene rings is 2. The molecule has 1 aliphatic rings. The molecule has 10 heteroatoms. The van der Waals surface area contributed by atoms with E-state index in [1.54, 1.807) is 36.1 Å². The Bertz CT molecular complexity index is 1160. The van der Waals surface area contributed by atoms with Crippen molar-refractivity contribution in [3.8, 4) is 22.8 Å². The fourth-order valence-electron chi connectivity index (χ4n) is 3.78. The van der Waals surface area contributed by atoms with Crippen LogP contribution >= 0.6 is 0 Å². The summed E-state index contributed by atoms with van der Waals surface area (Å²) >= 11 is 0. The van der Waals surface area contributed by atoms with E-state index < -0.39 is 12.3 Å². The summed E-state index contributed by atoms with van der Waals surface area (Å²) in [5.74, 6) is 1.40. The molecule has 0 radical (unpaired) electrons. The van der Waals surface area contributed by atoms with Gasteiger partial charge in [-0.2, -0.15) is 5.10 Å². The van der Waals surface area contributed by atoms with Gasteiger partial charge in [-0.1, -0.05) is 37.3 Å². The minimum atomic E-state index is -0.597. The summed E-state index contributed by atoms with van der Waals surface area (Å²) in [7, 11) is 3.07. The number of hydrogen-bond donors (Lipinski definition) is 4. The summed E-state index contributed by atoms with van der Waals surface area (Å²) in [5.41, 5.74) is 2.08. The molecule has 1 fully saturated rings. The zero-order valence-corrected chi connectivity index (χ0v) is 19.3. The molecule has 0 spiro atoms. The van der Waals surface area contributed by atoms with E-state index in [4.69, 9.17) is 9.47 Å². The normalized spacial score (nSPS) is 17.6. The molecule has 2 atom stereocenters. The Hall–Kier alpha value is -4.05. The molecule has 0 aliphatic carbocycles. The molecule has 1 saturated heterocycles. The maximum atomic E-state index is 12.9. The number of urea groups is 1. The van der Waals surface area contributed by atoms with E-state index in [9.17, 15) is 9.59 Å². The summed E-state index contributed by atoms with van der Waals surface area (Å²) < 4.78 is 12.1. The van der Waals surface area contributed by atoms with Crippen molar-refractivity contribution in [1.82, 2.24) is 20.4 Å². The molecule has 4 rings (SSSR count). The number of nitrogens with zero attached hydrogens (tertiary/aromatic N) is 2. The van der Waals surface area contributed by atoms with Crippen molar-refractivity contribution in [1.29, 1.82) is 0 Å². The standard InChI is InChI=1S/C24H28N6O4/c1-4-16-13-22(31)28-23(25-16)30-21(14-18(29-30)15-8-6-5-7-9-15)27-24(32)26-17-10-11-19(33-2)20(12-17)34-3/h5-12,14,16,23,25H,4,13H2,1-3H3,(H,28,31)(H2,26,27,32). The molecule has 2 aromatic carbocycles. The zero-order chi connectivity index (χ0) is 24.1. The third-order valence-electron chi connectivity index (χ3n) is 5.55. The van der Waals surface area contributed by atoms with Crippen LogP contribution in [-0.2, 0) is 4.79 Å². The largest absolute Gasteiger partial charge is 0.493 e. The Morgan fingerprint density at radius 3 is 2.56 bits per heavy atom. The first-order chi connectivity index (χ1) is 16.5. The molecular formula is C24H28N6O4. The molecule has 1 aromatic heterocycles. The number of ether oxygens (including phenoxy) is 2. The number of carbonyl (C=O) groups excluding carboxylic acids is 2. The van der Waals surface area contributed by atoms with Gasteiger partial charge in [0.25, 0.3) is 0 Å². The second-order valence-electron chi connectivity index (χ2n) is 7.82. The number of aromatic nitrogens is 2. The minimum Gasteiger partial charge on any atom is -0.493 e. The van der Waals surface area contributed by atoms with Crippen LogP contribution in [0.4, 0.5) is 16.3 Å². The molecular weight excluding hydrogens is 436 g/mol. The van der Waals surface area contributed by atoms with Crippen LogP contribution in [0.15, 0.2) is 54.6 Å². The number of hydrogen-bond acceptors (Lipinski definition) is 6. The Morgan fingerprint density at radius 2 is 1.85 bits per heavy atom. The van der Waals surface area contributed by atoms with Crippen molar-refractivity contribution in [2.45, 2.75) is 32.1 Å². The number of nitrogens with one attached hydrogen (secondary N) is 4. The van der Waals surface area contributed by atoms with Gasteiger partial charge in [-0.25, -0.2) is 9.48 Å². The highest BCUT2D eigenvalue weighted by Gasteiger charge is 2.28. The SMILES string of the molecule is CCC1CC(=O)NC(n2nc(-c3ccccc3)cc2NC(=O)Nc2ccc(OC)c(OC)c2)N1. The summed E-state index contributed by atoms with van der Waals surface area (Å²) in [4.78, 5) is 25.1. The summed E-state index contributed by atoms with van der Waals surface area (Å²) in [6, 6.07) is 16.0. The molecule has 4 N–H and O–H groups in total. The zero-order valence-electron chi connectivity index (χ0n) is 19.3. The van der Waals surface area contributed by atoms with E-state index in [1.165, 1.54) is 7.11 Å². The van der Waals surface area contributed by atoms with Crippen molar-refractivity contribution in [2.75, 3.05) is 24.9 Å². The molecule has 0 bridgehead atoms. The second kappa shape index (κ2) is 10.3. The molecule has 3 amide bonds. The van der Waals surface area contributed by atoms with Crippen LogP contribution in [0.25, 0.3) is 11.3 Å². The van der Waals surface area contributed by atoms with Crippen LogP contribution in [0.2, 0.25) is 0 Å². The van der Waals surface area contributed by atoms with Gasteiger partial charge in [0.15, 0.2) is 17.8 Å². The topological polar surface area (TPSA) is 119 Å². The lowest BCUT2D eigenvalue weighted by atomic mass is 10.1. The molecule has 10 nitrogen and oxygen atoms in total. The van der Waals surface area contributed by atoms with Crippen LogP contribution in [0.1, 0.15) is 26.1 Å². The molecule has 2 heterocycles. The number of methoxy groups -OCH3 is 2. The minimum absolute atomic E-state index is 0.0107. The van der Waals surface area contributed by atoms with Crippen molar-refractivity contribution in [3.63, 3.8) is 0 Å². The van der Waals surface area contributed by atoms with Gasteiger partial charge in [-0.05, 0) is 18.6 Å². The van der Waals surface area contributed by atoms with E-state index in [-0.39, 0.29) is 11.9 Å². The number of anilines is 2. The van der Waals surface area contributed by atoms with Crippen LogP contribution < -0.4 is 30.7 Å². The van der Waals surface area contributed by atoms with Crippen LogP contribution in [-0.4, -0.2) is 42.0 Å². The van der Waals surface area contributed by atoms with E-state index >= 15 is 0 Å². The van der Waals surface area contributed by atoms with Crippen LogP contribution in [0, 0.1) is 0 Å². The average Bonchev–Trinajstić information content (AvgIpc) is 3.27. The third-order valence-corrected chi connectivity index (χ3v) is 5.55. The highest BCUT2D eigenvalue weighted by atomic mass is 16.5. The summed E-state index contributed by atoms with van der Waals surface area (Å²) in [5, 5.41) is 16.6. The predicted molar refractivity (Wildman–Crippen MR) is 129 cm³/mol. The first-order valence-electron chi connectivity index (χ1n) is 11.0. The Kier molecular flexibility index (Phi) is 6.98. The fourth-order valence-corrected chi connectivity index (χ4v) is 3.78. The highest BCUT2D eigenvalue weighted by Crippen LogP contribution is 2.30. The summed E-state index contributed by atoms with van der Waals surface area (Å²) in [6.45, 7) is 2.02. The first kappa shape index (κ1) is 23.1. The highest BCUT2D eigenvalue weighted by molar-refractivity contribution is 5.99. The number of carbonyl (C=O) groups is 2. The van der Waals surface area contributed by atoms with Crippen molar-refractivity contribution >= 4 is 23.4 Å². The van der Waals surface area contributed by atoms with Crippen molar-refractivity contribution < 1.29 is 19.1 Å². The lowest BCUT2D eigenvalue weighted by Gasteiger charge is -2.31. The third kappa shape index (κ3) is 5.12. The van der Waals surface area contributed by atoms with Gasteiger partial charge in [0.2, 0.25) is 5.91 Å². The molecule has 0 saturated carbocycles. The Labute approximate surface area is 197 Å². The monoisotopic (exact) mass is 464 g/mol. The van der Waals surface area contributed by atoms with E-state index in [2.05, 4.69) is 26.4 Å². The Balaban J connectivity index is 1.60. The molecule has 3 aromatic rings. The molecule has 178 valence electrons. The maximum absolute atomic E-state index is 12.9. The van der Waals surface area contributed by atoms with Crippen LogP contribution in [0.3, 0.4) is 0 Å². The first-order valence-corrected chi connectivity index (χ1v) is 11.0. The van der Waals surface area contributed by atoms with Gasteiger partial charge in [-0.3, -0.25) is 15.4 Å². The average molecular weight is 465 g/mol. The van der Waals surface area contributed by atoms with E-state index in [0.717, 1.165) is 12.0 Å². The smallest absolute Gasteiger partial charge is 0.324 e. The molecule has 34 heavy (non-hydrogen) atoms. The lowest BCUT2D eigenvalue weighted by molar-refractivity contribution is -0.125. The van der Waals surface area contributed by atoms with Gasteiger partial charge in [0.05, 0.1) is 19.9 Å². The second-order valence-corrected chi connectivity index (χ2v) is 7.82. The van der Waals surface area contributed by atoms with Crippen molar-refractivity contribution in [2.24, 2.45) is 0 Å². The van der Waals surface area contributed by atoms with E-state index in [1.807, 2.05) is 37.3 Å². The molecule has 1 aliphatic heterocycles. The number of amides is 3. The molecule has 2 unspecified atom stereocenters. The maximum Gasteiger partial charge on any atom is 0.324 e.